The number of terminal acetylenes is 1. The van der Waals surface area contributed by atoms with Gasteiger partial charge in [0.25, 0.3) is 0 Å². The summed E-state index contributed by atoms with van der Waals surface area (Å²) in [6.07, 6.45) is 5.33. The summed E-state index contributed by atoms with van der Waals surface area (Å²) >= 11 is 0. The molecule has 0 amide bonds. The number of hydrogen-bond acceptors (Lipinski definition) is 6. The molecular weight excluding hydrogens is 382 g/mol. The lowest BCUT2D eigenvalue weighted by molar-refractivity contribution is 0.174. The molecule has 1 aromatic heterocycles. The summed E-state index contributed by atoms with van der Waals surface area (Å²) in [6.45, 7) is 1.76. The van der Waals surface area contributed by atoms with Gasteiger partial charge in [0.2, 0.25) is 6.79 Å². The zero-order valence-corrected chi connectivity index (χ0v) is 16.8. The second kappa shape index (κ2) is 7.32. The van der Waals surface area contributed by atoms with Crippen LogP contribution in [0, 0.1) is 12.3 Å². The highest BCUT2D eigenvalue weighted by atomic mass is 16.7. The normalized spacial score (nSPS) is 14.8. The predicted octanol–water partition coefficient (Wildman–Crippen LogP) is 3.22. The Labute approximate surface area is 174 Å². The molecule has 0 spiro atoms. The lowest BCUT2D eigenvalue weighted by Crippen LogP contribution is -2.19. The molecule has 1 N–H and O–H groups in total. The number of rotatable bonds is 6. The third-order valence-corrected chi connectivity index (χ3v) is 5.15. The maximum absolute atomic E-state index is 5.94. The van der Waals surface area contributed by atoms with Crippen molar-refractivity contribution in [2.75, 3.05) is 40.6 Å². The molecule has 0 saturated carbocycles. The number of likely N-dealkylation sites (N-methyl/N-ethyl adjacent to an activating group) is 1. The van der Waals surface area contributed by atoms with Crippen molar-refractivity contribution in [3.8, 4) is 40.8 Å². The highest BCUT2D eigenvalue weighted by Crippen LogP contribution is 2.47. The van der Waals surface area contributed by atoms with Gasteiger partial charge in [-0.15, -0.1) is 6.42 Å². The Hall–Kier alpha value is -3.63. The Morgan fingerprint density at radius 2 is 1.97 bits per heavy atom. The highest BCUT2D eigenvalue weighted by Gasteiger charge is 2.33. The third-order valence-electron chi connectivity index (χ3n) is 5.15. The Balaban J connectivity index is 1.61. The molecule has 1 aliphatic carbocycles. The largest absolute Gasteiger partial charge is 0.492 e. The average Bonchev–Trinajstić information content (AvgIpc) is 3.40. The second-order valence-corrected chi connectivity index (χ2v) is 7.40. The number of benzene rings is 2. The van der Waals surface area contributed by atoms with E-state index in [1.807, 2.05) is 44.4 Å². The summed E-state index contributed by atoms with van der Waals surface area (Å²) in [5.74, 6) is 4.67. The molecular formula is C23H21N3O4. The molecule has 3 aromatic rings. The van der Waals surface area contributed by atoms with Crippen LogP contribution in [-0.2, 0) is 4.84 Å². The molecule has 30 heavy (non-hydrogen) atoms. The van der Waals surface area contributed by atoms with E-state index in [1.165, 1.54) is 0 Å². The van der Waals surface area contributed by atoms with Gasteiger partial charge in [0.1, 0.15) is 18.1 Å². The molecule has 1 aliphatic heterocycles. The van der Waals surface area contributed by atoms with Crippen molar-refractivity contribution in [3.63, 3.8) is 0 Å². The van der Waals surface area contributed by atoms with Gasteiger partial charge in [0, 0.05) is 34.1 Å². The van der Waals surface area contributed by atoms with Crippen molar-refractivity contribution in [1.29, 1.82) is 0 Å². The number of aromatic amines is 1. The molecule has 7 heteroatoms. The minimum absolute atomic E-state index is 0.0972. The van der Waals surface area contributed by atoms with E-state index in [2.05, 4.69) is 21.0 Å². The first-order chi connectivity index (χ1) is 14.7. The molecule has 0 radical (unpaired) electrons. The fourth-order valence-corrected chi connectivity index (χ4v) is 3.76. The van der Waals surface area contributed by atoms with Gasteiger partial charge >= 0.3 is 0 Å². The lowest BCUT2D eigenvalue weighted by Gasteiger charge is -2.11. The molecule has 5 rings (SSSR count). The summed E-state index contributed by atoms with van der Waals surface area (Å²) in [5.41, 5.74) is 5.53. The van der Waals surface area contributed by atoms with Crippen LogP contribution < -0.4 is 14.2 Å². The van der Waals surface area contributed by atoms with Crippen molar-refractivity contribution >= 4 is 16.6 Å². The maximum atomic E-state index is 5.94. The van der Waals surface area contributed by atoms with Crippen LogP contribution in [0.4, 0.5) is 0 Å². The van der Waals surface area contributed by atoms with Gasteiger partial charge in [-0.1, -0.05) is 11.1 Å². The van der Waals surface area contributed by atoms with E-state index in [4.69, 9.17) is 25.5 Å². The van der Waals surface area contributed by atoms with Crippen LogP contribution in [0.25, 0.3) is 22.2 Å². The molecule has 0 saturated heterocycles. The van der Waals surface area contributed by atoms with Crippen LogP contribution in [0.3, 0.4) is 0 Å². The quantitative estimate of drug-likeness (QED) is 0.304. The average molecular weight is 403 g/mol. The predicted molar refractivity (Wildman–Crippen MR) is 114 cm³/mol. The van der Waals surface area contributed by atoms with Crippen molar-refractivity contribution in [1.82, 2.24) is 9.88 Å². The third kappa shape index (κ3) is 3.02. The van der Waals surface area contributed by atoms with Crippen LogP contribution >= 0.6 is 0 Å². The van der Waals surface area contributed by atoms with E-state index in [0.717, 1.165) is 51.3 Å². The van der Waals surface area contributed by atoms with E-state index in [1.54, 1.807) is 0 Å². The number of aromatic nitrogens is 1. The number of nitrogens with one attached hydrogen (secondary N) is 1. The van der Waals surface area contributed by atoms with Gasteiger partial charge in [0.15, 0.2) is 18.1 Å². The topological polar surface area (TPSA) is 68.3 Å². The van der Waals surface area contributed by atoms with Crippen molar-refractivity contribution in [3.05, 3.63) is 41.5 Å². The van der Waals surface area contributed by atoms with Crippen LogP contribution in [0.1, 0.15) is 11.1 Å². The van der Waals surface area contributed by atoms with Gasteiger partial charge in [0.05, 0.1) is 5.69 Å². The highest BCUT2D eigenvalue weighted by molar-refractivity contribution is 6.30. The smallest absolute Gasteiger partial charge is 0.231 e. The summed E-state index contributed by atoms with van der Waals surface area (Å²) in [6, 6.07) is 9.93. The zero-order chi connectivity index (χ0) is 20.7. The Morgan fingerprint density at radius 1 is 1.17 bits per heavy atom. The van der Waals surface area contributed by atoms with Gasteiger partial charge < -0.3 is 28.9 Å². The van der Waals surface area contributed by atoms with Crippen molar-refractivity contribution < 1.29 is 19.0 Å². The van der Waals surface area contributed by atoms with Crippen LogP contribution in [-0.4, -0.2) is 56.2 Å². The number of fused-ring (bicyclic) bond motifs is 6. The van der Waals surface area contributed by atoms with E-state index in [-0.39, 0.29) is 13.4 Å². The standard InChI is InChI=1S/C23H21N3O4/c1-4-8-30-25-23-16-12-20-19(28-13-29-20)11-15(16)22-21(23)17-10-14(5-6-18(17)24-22)27-9-7-26(2)3/h1,5-6,10-12,24H,7-9,13H2,2-3H3. The molecule has 2 heterocycles. The number of ether oxygens (including phenoxy) is 3. The monoisotopic (exact) mass is 403 g/mol. The number of oxime groups is 1. The van der Waals surface area contributed by atoms with Gasteiger partial charge in [-0.3, -0.25) is 0 Å². The second-order valence-electron chi connectivity index (χ2n) is 7.40. The molecule has 2 aliphatic rings. The van der Waals surface area contributed by atoms with Gasteiger partial charge in [-0.2, -0.15) is 0 Å². The van der Waals surface area contributed by atoms with Crippen molar-refractivity contribution in [2.45, 2.75) is 0 Å². The number of hydrogen-bond donors (Lipinski definition) is 1. The summed E-state index contributed by atoms with van der Waals surface area (Å²) < 4.78 is 17.1. The van der Waals surface area contributed by atoms with Gasteiger partial charge in [-0.25, -0.2) is 0 Å². The Kier molecular flexibility index (Phi) is 4.49. The van der Waals surface area contributed by atoms with Crippen LogP contribution in [0.15, 0.2) is 35.5 Å². The van der Waals surface area contributed by atoms with E-state index in [9.17, 15) is 0 Å². The first kappa shape index (κ1) is 18.4. The Bertz CT molecular complexity index is 1200. The first-order valence-electron chi connectivity index (χ1n) is 9.67. The molecule has 7 nitrogen and oxygen atoms in total. The minimum Gasteiger partial charge on any atom is -0.492 e. The molecule has 0 atom stereocenters. The number of nitrogens with zero attached hydrogens (tertiary/aromatic N) is 2. The summed E-state index contributed by atoms with van der Waals surface area (Å²) in [5, 5.41) is 5.38. The van der Waals surface area contributed by atoms with Gasteiger partial charge in [-0.05, 0) is 44.4 Å². The van der Waals surface area contributed by atoms with E-state index < -0.39 is 0 Å². The SMILES string of the molecule is C#CCON=C1c2cc3c(cc2-c2[nH]c4ccc(OCCN(C)C)cc4c21)OCO3. The first-order valence-corrected chi connectivity index (χ1v) is 9.67. The lowest BCUT2D eigenvalue weighted by atomic mass is 10.1. The van der Waals surface area contributed by atoms with Crippen molar-refractivity contribution in [2.24, 2.45) is 5.16 Å². The van der Waals surface area contributed by atoms with E-state index in [0.29, 0.717) is 18.1 Å². The summed E-state index contributed by atoms with van der Waals surface area (Å²) in [7, 11) is 4.04. The molecule has 0 unspecified atom stereocenters. The zero-order valence-electron chi connectivity index (χ0n) is 16.8. The van der Waals surface area contributed by atoms with Crippen LogP contribution in [0.2, 0.25) is 0 Å². The minimum atomic E-state index is 0.0972. The molecule has 0 fully saturated rings. The maximum Gasteiger partial charge on any atom is 0.231 e. The fourth-order valence-electron chi connectivity index (χ4n) is 3.76. The van der Waals surface area contributed by atoms with Crippen LogP contribution in [0.5, 0.6) is 17.2 Å². The summed E-state index contributed by atoms with van der Waals surface area (Å²) in [4.78, 5) is 11.0. The Morgan fingerprint density at radius 3 is 2.73 bits per heavy atom. The molecule has 152 valence electrons. The molecule has 0 bridgehead atoms. The molecule has 2 aromatic carbocycles. The fraction of sp³-hybridized carbons (Fsp3) is 0.261. The van der Waals surface area contributed by atoms with E-state index >= 15 is 0 Å². The number of H-pyrrole nitrogens is 1.